The van der Waals surface area contributed by atoms with Crippen LogP contribution >= 0.6 is 0 Å². The van der Waals surface area contributed by atoms with Gasteiger partial charge in [-0.3, -0.25) is 9.48 Å². The van der Waals surface area contributed by atoms with Crippen LogP contribution in [0.4, 0.5) is 0 Å². The molecule has 0 amide bonds. The predicted octanol–water partition coefficient (Wildman–Crippen LogP) is 1.26. The Bertz CT molecular complexity index is 381. The minimum Gasteiger partial charge on any atom is -0.300 e. The molecule has 1 aromatic rings. The van der Waals surface area contributed by atoms with Gasteiger partial charge in [-0.15, -0.1) is 0 Å². The Labute approximate surface area is 89.9 Å². The van der Waals surface area contributed by atoms with Gasteiger partial charge in [0.05, 0.1) is 5.69 Å². The largest absolute Gasteiger partial charge is 0.300 e. The van der Waals surface area contributed by atoms with Gasteiger partial charge in [-0.1, -0.05) is 0 Å². The van der Waals surface area contributed by atoms with Gasteiger partial charge in [0.15, 0.2) is 6.29 Å². The predicted molar refractivity (Wildman–Crippen MR) is 58.0 cm³/mol. The van der Waals surface area contributed by atoms with Crippen LogP contribution in [0.3, 0.4) is 0 Å². The highest BCUT2D eigenvalue weighted by atomic mass is 16.1. The van der Waals surface area contributed by atoms with Crippen molar-refractivity contribution in [2.45, 2.75) is 32.9 Å². The molecule has 1 aliphatic rings. The molecule has 0 N–H and O–H groups in total. The Hall–Kier alpha value is -1.16. The maximum Gasteiger partial charge on any atom is 0.170 e. The standard InChI is InChI=1S/C11H17N3O/c1-8(2)14-11-6-13(3)5-4-9(11)10(7-15)12-14/h7-8H,4-6H2,1-3H3. The number of likely N-dealkylation sites (N-methyl/N-ethyl adjacent to an activating group) is 1. The number of hydrogen-bond acceptors (Lipinski definition) is 3. The molecule has 0 aromatic carbocycles. The molecule has 0 bridgehead atoms. The summed E-state index contributed by atoms with van der Waals surface area (Å²) in [6.45, 7) is 6.10. The molecular weight excluding hydrogens is 190 g/mol. The number of fused-ring (bicyclic) bond motifs is 1. The van der Waals surface area contributed by atoms with Crippen LogP contribution in [0.15, 0.2) is 0 Å². The summed E-state index contributed by atoms with van der Waals surface area (Å²) in [6.07, 6.45) is 1.82. The van der Waals surface area contributed by atoms with E-state index in [0.717, 1.165) is 31.4 Å². The van der Waals surface area contributed by atoms with Crippen molar-refractivity contribution in [1.82, 2.24) is 14.7 Å². The molecule has 4 nitrogen and oxygen atoms in total. The van der Waals surface area contributed by atoms with Gasteiger partial charge in [-0.25, -0.2) is 0 Å². The van der Waals surface area contributed by atoms with Crippen LogP contribution in [0.1, 0.15) is 41.6 Å². The first-order chi connectivity index (χ1) is 7.13. The number of aromatic nitrogens is 2. The van der Waals surface area contributed by atoms with Crippen molar-refractivity contribution in [2.75, 3.05) is 13.6 Å². The number of rotatable bonds is 2. The molecule has 0 spiro atoms. The van der Waals surface area contributed by atoms with Crippen LogP contribution in [-0.2, 0) is 13.0 Å². The van der Waals surface area contributed by atoms with E-state index in [-0.39, 0.29) is 0 Å². The van der Waals surface area contributed by atoms with E-state index in [0.29, 0.717) is 11.7 Å². The Morgan fingerprint density at radius 2 is 2.20 bits per heavy atom. The molecule has 0 fully saturated rings. The summed E-state index contributed by atoms with van der Waals surface area (Å²) in [5, 5.41) is 4.37. The first-order valence-electron chi connectivity index (χ1n) is 5.37. The number of nitrogens with zero attached hydrogens (tertiary/aromatic N) is 3. The molecule has 0 saturated heterocycles. The quantitative estimate of drug-likeness (QED) is 0.685. The maximum atomic E-state index is 10.9. The van der Waals surface area contributed by atoms with E-state index < -0.39 is 0 Å². The first kappa shape index (κ1) is 10.4. The molecule has 2 heterocycles. The van der Waals surface area contributed by atoms with Crippen molar-refractivity contribution >= 4 is 6.29 Å². The van der Waals surface area contributed by atoms with Gasteiger partial charge >= 0.3 is 0 Å². The van der Waals surface area contributed by atoms with Crippen molar-refractivity contribution in [3.8, 4) is 0 Å². The molecule has 0 saturated carbocycles. The minimum absolute atomic E-state index is 0.318. The monoisotopic (exact) mass is 207 g/mol. The van der Waals surface area contributed by atoms with Gasteiger partial charge in [-0.2, -0.15) is 5.10 Å². The van der Waals surface area contributed by atoms with E-state index in [1.807, 2.05) is 4.68 Å². The molecular formula is C11H17N3O. The van der Waals surface area contributed by atoms with Crippen molar-refractivity contribution in [1.29, 1.82) is 0 Å². The Kier molecular flexibility index (Phi) is 2.61. The van der Waals surface area contributed by atoms with E-state index >= 15 is 0 Å². The summed E-state index contributed by atoms with van der Waals surface area (Å²) in [7, 11) is 2.10. The molecule has 0 radical (unpaired) electrons. The van der Waals surface area contributed by atoms with Crippen LogP contribution in [0.5, 0.6) is 0 Å². The van der Waals surface area contributed by atoms with Gasteiger partial charge in [0.25, 0.3) is 0 Å². The number of aldehydes is 1. The van der Waals surface area contributed by atoms with E-state index in [9.17, 15) is 4.79 Å². The van der Waals surface area contributed by atoms with Crippen molar-refractivity contribution in [2.24, 2.45) is 0 Å². The van der Waals surface area contributed by atoms with Crippen molar-refractivity contribution in [3.63, 3.8) is 0 Å². The summed E-state index contributed by atoms with van der Waals surface area (Å²) in [5.41, 5.74) is 2.99. The fraction of sp³-hybridized carbons (Fsp3) is 0.636. The smallest absolute Gasteiger partial charge is 0.170 e. The van der Waals surface area contributed by atoms with E-state index in [1.165, 1.54) is 5.69 Å². The molecule has 1 aromatic heterocycles. The average molecular weight is 207 g/mol. The lowest BCUT2D eigenvalue weighted by atomic mass is 10.1. The van der Waals surface area contributed by atoms with Crippen molar-refractivity contribution < 1.29 is 4.79 Å². The molecule has 2 rings (SSSR count). The number of carbonyl (C=O) groups excluding carboxylic acids is 1. The zero-order valence-corrected chi connectivity index (χ0v) is 9.53. The van der Waals surface area contributed by atoms with Gasteiger partial charge in [0.2, 0.25) is 0 Å². The van der Waals surface area contributed by atoms with Gasteiger partial charge in [0.1, 0.15) is 5.69 Å². The van der Waals surface area contributed by atoms with Crippen LogP contribution in [0, 0.1) is 0 Å². The second kappa shape index (κ2) is 3.77. The average Bonchev–Trinajstić information content (AvgIpc) is 2.55. The van der Waals surface area contributed by atoms with E-state index in [1.54, 1.807) is 0 Å². The molecule has 1 aliphatic heterocycles. The molecule has 82 valence electrons. The fourth-order valence-corrected chi connectivity index (χ4v) is 2.12. The van der Waals surface area contributed by atoms with Crippen LogP contribution in [0.2, 0.25) is 0 Å². The highest BCUT2D eigenvalue weighted by molar-refractivity contribution is 5.75. The molecule has 15 heavy (non-hydrogen) atoms. The first-order valence-corrected chi connectivity index (χ1v) is 5.37. The number of carbonyl (C=O) groups is 1. The molecule has 4 heteroatoms. The second-order valence-electron chi connectivity index (χ2n) is 4.45. The zero-order chi connectivity index (χ0) is 11.0. The Morgan fingerprint density at radius 3 is 2.80 bits per heavy atom. The van der Waals surface area contributed by atoms with Gasteiger partial charge in [-0.05, 0) is 27.3 Å². The van der Waals surface area contributed by atoms with Crippen LogP contribution < -0.4 is 0 Å². The third-order valence-corrected chi connectivity index (χ3v) is 2.91. The molecule has 0 unspecified atom stereocenters. The highest BCUT2D eigenvalue weighted by Gasteiger charge is 2.23. The lowest BCUT2D eigenvalue weighted by Gasteiger charge is -2.24. The molecule has 0 aliphatic carbocycles. The Morgan fingerprint density at radius 1 is 1.47 bits per heavy atom. The topological polar surface area (TPSA) is 38.1 Å². The van der Waals surface area contributed by atoms with Gasteiger partial charge in [0, 0.05) is 24.7 Å². The maximum absolute atomic E-state index is 10.9. The summed E-state index contributed by atoms with van der Waals surface area (Å²) in [6, 6.07) is 0.318. The lowest BCUT2D eigenvalue weighted by molar-refractivity contribution is 0.111. The summed E-state index contributed by atoms with van der Waals surface area (Å²) in [4.78, 5) is 13.2. The zero-order valence-electron chi connectivity index (χ0n) is 9.53. The third-order valence-electron chi connectivity index (χ3n) is 2.91. The highest BCUT2D eigenvalue weighted by Crippen LogP contribution is 2.23. The van der Waals surface area contributed by atoms with E-state index in [4.69, 9.17) is 0 Å². The van der Waals surface area contributed by atoms with Gasteiger partial charge < -0.3 is 4.90 Å². The van der Waals surface area contributed by atoms with E-state index in [2.05, 4.69) is 30.9 Å². The summed E-state index contributed by atoms with van der Waals surface area (Å²) in [5.74, 6) is 0. The normalized spacial score (nSPS) is 16.8. The summed E-state index contributed by atoms with van der Waals surface area (Å²) >= 11 is 0. The van der Waals surface area contributed by atoms with Crippen LogP contribution in [-0.4, -0.2) is 34.6 Å². The fourth-order valence-electron chi connectivity index (χ4n) is 2.12. The second-order valence-corrected chi connectivity index (χ2v) is 4.45. The minimum atomic E-state index is 0.318. The number of hydrogen-bond donors (Lipinski definition) is 0. The Balaban J connectivity index is 2.49. The SMILES string of the molecule is CC(C)n1nc(C=O)c2c1CN(C)CC2. The third kappa shape index (κ3) is 1.69. The van der Waals surface area contributed by atoms with Crippen molar-refractivity contribution in [3.05, 3.63) is 17.0 Å². The lowest BCUT2D eigenvalue weighted by Crippen LogP contribution is -2.28. The van der Waals surface area contributed by atoms with Crippen LogP contribution in [0.25, 0.3) is 0 Å². The summed E-state index contributed by atoms with van der Waals surface area (Å²) < 4.78 is 1.98. The molecule has 0 atom stereocenters.